The molecule has 0 radical (unpaired) electrons. The summed E-state index contributed by atoms with van der Waals surface area (Å²) in [5.74, 6) is 1.40. The van der Waals surface area contributed by atoms with Crippen LogP contribution in [0.4, 0.5) is 0 Å². The van der Waals surface area contributed by atoms with E-state index in [-0.39, 0.29) is 0 Å². The zero-order chi connectivity index (χ0) is 13.5. The zero-order valence-corrected chi connectivity index (χ0v) is 12.7. The quantitative estimate of drug-likeness (QED) is 0.721. The Balaban J connectivity index is 3.16. The monoisotopic (exact) mass is 318 g/mol. The Morgan fingerprint density at radius 2 is 1.50 bits per heavy atom. The van der Waals surface area contributed by atoms with Crippen molar-refractivity contribution in [2.45, 2.75) is 20.1 Å². The van der Waals surface area contributed by atoms with Crippen LogP contribution in [0.15, 0.2) is 16.6 Å². The zero-order valence-electron chi connectivity index (χ0n) is 11.2. The fraction of sp³-hybridized carbons (Fsp3) is 0.538. The number of hydrogen-bond donors (Lipinski definition) is 0. The number of hydrogen-bond acceptors (Lipinski definition) is 4. The van der Waals surface area contributed by atoms with Crippen LogP contribution in [0.25, 0.3) is 0 Å². The van der Waals surface area contributed by atoms with E-state index in [1.807, 2.05) is 26.0 Å². The fourth-order valence-electron chi connectivity index (χ4n) is 1.62. The average Bonchev–Trinajstić information content (AvgIpc) is 2.36. The smallest absolute Gasteiger partial charge is 0.184 e. The molecule has 1 aromatic carbocycles. The second kappa shape index (κ2) is 7.61. The summed E-state index contributed by atoms with van der Waals surface area (Å²) in [5, 5.41) is 0. The minimum absolute atomic E-state index is 0.436. The molecule has 102 valence electrons. The van der Waals surface area contributed by atoms with E-state index in [1.54, 1.807) is 14.2 Å². The summed E-state index contributed by atoms with van der Waals surface area (Å²) in [6, 6.07) is 3.74. The van der Waals surface area contributed by atoms with Crippen molar-refractivity contribution in [1.82, 2.24) is 0 Å². The molecule has 0 atom stereocenters. The molecule has 0 saturated carbocycles. The van der Waals surface area contributed by atoms with Crippen LogP contribution >= 0.6 is 15.9 Å². The van der Waals surface area contributed by atoms with Crippen LogP contribution in [0.3, 0.4) is 0 Å². The maximum absolute atomic E-state index is 5.57. The molecule has 0 amide bonds. The summed E-state index contributed by atoms with van der Waals surface area (Å²) in [6.07, 6.45) is -0.436. The van der Waals surface area contributed by atoms with Crippen LogP contribution in [0.5, 0.6) is 11.5 Å². The third-order valence-corrected chi connectivity index (χ3v) is 3.03. The molecule has 4 nitrogen and oxygen atoms in total. The predicted molar refractivity (Wildman–Crippen MR) is 73.2 cm³/mol. The van der Waals surface area contributed by atoms with E-state index >= 15 is 0 Å². The first-order chi connectivity index (χ1) is 8.67. The van der Waals surface area contributed by atoms with Gasteiger partial charge in [-0.2, -0.15) is 0 Å². The van der Waals surface area contributed by atoms with Gasteiger partial charge in [-0.3, -0.25) is 0 Å². The SMILES string of the molecule is CCOc1cc(Br)c(C(OC)OC)cc1OCC. The van der Waals surface area contributed by atoms with E-state index < -0.39 is 6.29 Å². The second-order valence-electron chi connectivity index (χ2n) is 3.49. The second-order valence-corrected chi connectivity index (χ2v) is 4.34. The average molecular weight is 319 g/mol. The summed E-state index contributed by atoms with van der Waals surface area (Å²) in [6.45, 7) is 5.03. The van der Waals surface area contributed by atoms with Crippen molar-refractivity contribution in [2.24, 2.45) is 0 Å². The third-order valence-electron chi connectivity index (χ3n) is 2.34. The lowest BCUT2D eigenvalue weighted by molar-refractivity contribution is -0.106. The lowest BCUT2D eigenvalue weighted by Crippen LogP contribution is -2.06. The fourth-order valence-corrected chi connectivity index (χ4v) is 2.13. The van der Waals surface area contributed by atoms with Crippen molar-refractivity contribution in [3.05, 3.63) is 22.2 Å². The summed E-state index contributed by atoms with van der Waals surface area (Å²) in [4.78, 5) is 0. The van der Waals surface area contributed by atoms with E-state index in [1.165, 1.54) is 0 Å². The van der Waals surface area contributed by atoms with Crippen molar-refractivity contribution in [3.63, 3.8) is 0 Å². The topological polar surface area (TPSA) is 36.9 Å². The molecule has 0 fully saturated rings. The Hall–Kier alpha value is -0.780. The highest BCUT2D eigenvalue weighted by Gasteiger charge is 2.17. The molecule has 0 saturated heterocycles. The van der Waals surface area contributed by atoms with Crippen molar-refractivity contribution >= 4 is 15.9 Å². The number of rotatable bonds is 7. The highest BCUT2D eigenvalue weighted by molar-refractivity contribution is 9.10. The normalized spacial score (nSPS) is 10.8. The van der Waals surface area contributed by atoms with Gasteiger partial charge in [0.05, 0.1) is 13.2 Å². The molecule has 0 bridgehead atoms. The van der Waals surface area contributed by atoms with E-state index in [9.17, 15) is 0 Å². The first-order valence-electron chi connectivity index (χ1n) is 5.82. The molecule has 0 heterocycles. The van der Waals surface area contributed by atoms with Crippen molar-refractivity contribution in [1.29, 1.82) is 0 Å². The van der Waals surface area contributed by atoms with Crippen molar-refractivity contribution < 1.29 is 18.9 Å². The van der Waals surface area contributed by atoms with Gasteiger partial charge in [0.2, 0.25) is 0 Å². The molecular weight excluding hydrogens is 300 g/mol. The first-order valence-corrected chi connectivity index (χ1v) is 6.61. The van der Waals surface area contributed by atoms with Gasteiger partial charge in [0, 0.05) is 24.3 Å². The van der Waals surface area contributed by atoms with Gasteiger partial charge in [0.15, 0.2) is 17.8 Å². The molecule has 0 unspecified atom stereocenters. The lowest BCUT2D eigenvalue weighted by Gasteiger charge is -2.18. The molecule has 5 heteroatoms. The summed E-state index contributed by atoms with van der Waals surface area (Å²) < 4.78 is 22.5. The first kappa shape index (κ1) is 15.3. The highest BCUT2D eigenvalue weighted by Crippen LogP contribution is 2.37. The predicted octanol–water partition coefficient (Wildman–Crippen LogP) is 3.54. The van der Waals surface area contributed by atoms with E-state index in [4.69, 9.17) is 18.9 Å². The molecule has 0 spiro atoms. The molecule has 18 heavy (non-hydrogen) atoms. The van der Waals surface area contributed by atoms with Crippen LogP contribution < -0.4 is 9.47 Å². The van der Waals surface area contributed by atoms with Crippen LogP contribution in [0, 0.1) is 0 Å². The van der Waals surface area contributed by atoms with E-state index in [0.717, 1.165) is 10.0 Å². The van der Waals surface area contributed by atoms with Gasteiger partial charge in [-0.1, -0.05) is 15.9 Å². The van der Waals surface area contributed by atoms with Gasteiger partial charge in [-0.15, -0.1) is 0 Å². The van der Waals surface area contributed by atoms with Gasteiger partial charge in [0.1, 0.15) is 0 Å². The Morgan fingerprint density at radius 1 is 1.00 bits per heavy atom. The van der Waals surface area contributed by atoms with E-state index in [0.29, 0.717) is 24.7 Å². The van der Waals surface area contributed by atoms with Gasteiger partial charge in [0.25, 0.3) is 0 Å². The molecule has 0 aliphatic heterocycles. The largest absolute Gasteiger partial charge is 0.490 e. The van der Waals surface area contributed by atoms with Gasteiger partial charge in [-0.05, 0) is 26.0 Å². The Bertz CT molecular complexity index is 377. The highest BCUT2D eigenvalue weighted by atomic mass is 79.9. The number of methoxy groups -OCH3 is 2. The molecule has 0 aliphatic carbocycles. The molecule has 1 rings (SSSR count). The standard InChI is InChI=1S/C13H19BrO4/c1-5-17-11-7-9(13(15-3)16-4)10(14)8-12(11)18-6-2/h7-8,13H,5-6H2,1-4H3. The molecular formula is C13H19BrO4. The Morgan fingerprint density at radius 3 is 1.94 bits per heavy atom. The number of halogens is 1. The van der Waals surface area contributed by atoms with Gasteiger partial charge >= 0.3 is 0 Å². The number of benzene rings is 1. The molecule has 0 N–H and O–H groups in total. The van der Waals surface area contributed by atoms with Gasteiger partial charge in [-0.25, -0.2) is 0 Å². The molecule has 0 aromatic heterocycles. The Labute approximate surface area is 116 Å². The lowest BCUT2D eigenvalue weighted by atomic mass is 10.2. The van der Waals surface area contributed by atoms with Gasteiger partial charge < -0.3 is 18.9 Å². The van der Waals surface area contributed by atoms with Crippen molar-refractivity contribution in [3.8, 4) is 11.5 Å². The minimum Gasteiger partial charge on any atom is -0.490 e. The Kier molecular flexibility index (Phi) is 6.46. The third kappa shape index (κ3) is 3.60. The van der Waals surface area contributed by atoms with Crippen LogP contribution in [0.1, 0.15) is 25.7 Å². The summed E-state index contributed by atoms with van der Waals surface area (Å²) >= 11 is 3.49. The molecule has 0 aliphatic rings. The maximum Gasteiger partial charge on any atom is 0.184 e. The van der Waals surface area contributed by atoms with Crippen LogP contribution in [-0.2, 0) is 9.47 Å². The summed E-state index contributed by atoms with van der Waals surface area (Å²) in [7, 11) is 3.19. The van der Waals surface area contributed by atoms with Crippen LogP contribution in [0.2, 0.25) is 0 Å². The minimum atomic E-state index is -0.436. The summed E-state index contributed by atoms with van der Waals surface area (Å²) in [5.41, 5.74) is 0.868. The number of ether oxygens (including phenoxy) is 4. The van der Waals surface area contributed by atoms with Crippen LogP contribution in [-0.4, -0.2) is 27.4 Å². The van der Waals surface area contributed by atoms with Crippen molar-refractivity contribution in [2.75, 3.05) is 27.4 Å². The molecule has 1 aromatic rings. The van der Waals surface area contributed by atoms with E-state index in [2.05, 4.69) is 15.9 Å². The maximum atomic E-state index is 5.57.